The summed E-state index contributed by atoms with van der Waals surface area (Å²) in [5.41, 5.74) is 3.73. The van der Waals surface area contributed by atoms with Crippen molar-refractivity contribution in [3.05, 3.63) is 48.3 Å². The number of allylic oxidation sites excluding steroid dienone is 1. The second-order valence-electron chi connectivity index (χ2n) is 6.56. The van der Waals surface area contributed by atoms with Crippen molar-refractivity contribution in [3.8, 4) is 11.4 Å². The normalized spacial score (nSPS) is 22.4. The van der Waals surface area contributed by atoms with Gasteiger partial charge in [-0.1, -0.05) is 36.4 Å². The first kappa shape index (κ1) is 13.7. The number of nitrogens with zero attached hydrogens (tertiary/aromatic N) is 3. The van der Waals surface area contributed by atoms with Crippen molar-refractivity contribution < 1.29 is 5.11 Å². The molecule has 1 aliphatic heterocycles. The third kappa shape index (κ3) is 2.18. The summed E-state index contributed by atoms with van der Waals surface area (Å²) >= 11 is 0. The lowest BCUT2D eigenvalue weighted by Gasteiger charge is -2.29. The lowest BCUT2D eigenvalue weighted by molar-refractivity contribution is 0.0747. The second kappa shape index (κ2) is 5.36. The first-order chi connectivity index (χ1) is 10.7. The summed E-state index contributed by atoms with van der Waals surface area (Å²) in [7, 11) is 0. The molecule has 0 spiro atoms. The molecule has 0 saturated heterocycles. The van der Waals surface area contributed by atoms with Crippen molar-refractivity contribution in [2.45, 2.75) is 44.2 Å². The highest BCUT2D eigenvalue weighted by Crippen LogP contribution is 2.41. The van der Waals surface area contributed by atoms with E-state index in [9.17, 15) is 5.11 Å². The first-order valence-electron chi connectivity index (χ1n) is 8.07. The average Bonchev–Trinajstić information content (AvgIpc) is 3.11. The molecular weight excluding hydrogens is 274 g/mol. The number of hydrogen-bond donors (Lipinski definition) is 1. The Balaban J connectivity index is 1.57. The first-order valence-corrected chi connectivity index (χ1v) is 8.07. The number of fused-ring (bicyclic) bond motifs is 3. The third-order valence-electron chi connectivity index (χ3n) is 5.22. The summed E-state index contributed by atoms with van der Waals surface area (Å²) < 4.78 is 2.11. The second-order valence-corrected chi connectivity index (χ2v) is 6.56. The van der Waals surface area contributed by atoms with Crippen molar-refractivity contribution in [3.63, 3.8) is 0 Å². The predicted molar refractivity (Wildman–Crippen MR) is 85.3 cm³/mol. The van der Waals surface area contributed by atoms with Gasteiger partial charge in [-0.05, 0) is 43.6 Å². The minimum atomic E-state index is -0.278. The molecule has 0 radical (unpaired) electrons. The Hall–Kier alpha value is -1.94. The molecule has 2 heterocycles. The lowest BCUT2D eigenvalue weighted by atomic mass is 9.81. The molecule has 1 aromatic carbocycles. The van der Waals surface area contributed by atoms with Crippen molar-refractivity contribution >= 4 is 0 Å². The van der Waals surface area contributed by atoms with Crippen LogP contribution in [-0.4, -0.2) is 26.0 Å². The molecule has 4 heteroatoms. The Morgan fingerprint density at radius 2 is 2.05 bits per heavy atom. The fraction of sp³-hybridized carbons (Fsp3) is 0.444. The van der Waals surface area contributed by atoms with E-state index in [4.69, 9.17) is 0 Å². The number of aliphatic hydroxyl groups excluding tert-OH is 1. The number of aromatic nitrogens is 3. The number of benzene rings is 1. The summed E-state index contributed by atoms with van der Waals surface area (Å²) in [6.45, 7) is 4.06. The quantitative estimate of drug-likeness (QED) is 0.884. The largest absolute Gasteiger partial charge is 0.393 e. The topological polar surface area (TPSA) is 50.9 Å². The molecule has 1 fully saturated rings. The third-order valence-corrected chi connectivity index (χ3v) is 5.22. The predicted octanol–water partition coefficient (Wildman–Crippen LogP) is 3.35. The van der Waals surface area contributed by atoms with Gasteiger partial charge in [0.1, 0.15) is 6.33 Å². The molecule has 2 aromatic rings. The lowest BCUT2D eigenvalue weighted by Crippen LogP contribution is -2.26. The SMILES string of the molecule is C=C1CCC(C(O)CC2c3ccccc3-c3nncn32)CC1. The van der Waals surface area contributed by atoms with Gasteiger partial charge in [0.05, 0.1) is 12.1 Å². The highest BCUT2D eigenvalue weighted by atomic mass is 16.3. The van der Waals surface area contributed by atoms with E-state index in [0.717, 1.165) is 43.5 Å². The van der Waals surface area contributed by atoms with Crippen LogP contribution < -0.4 is 0 Å². The van der Waals surface area contributed by atoms with Crippen LogP contribution in [0.3, 0.4) is 0 Å². The average molecular weight is 295 g/mol. The summed E-state index contributed by atoms with van der Waals surface area (Å²) in [6, 6.07) is 8.48. The van der Waals surface area contributed by atoms with E-state index >= 15 is 0 Å². The summed E-state index contributed by atoms with van der Waals surface area (Å²) in [5, 5.41) is 19.0. The molecule has 1 aromatic heterocycles. The maximum Gasteiger partial charge on any atom is 0.164 e. The minimum absolute atomic E-state index is 0.154. The van der Waals surface area contributed by atoms with Crippen LogP contribution in [0, 0.1) is 5.92 Å². The molecule has 114 valence electrons. The van der Waals surface area contributed by atoms with Gasteiger partial charge in [-0.25, -0.2) is 0 Å². The molecule has 1 N–H and O–H groups in total. The van der Waals surface area contributed by atoms with Crippen LogP contribution in [-0.2, 0) is 0 Å². The monoisotopic (exact) mass is 295 g/mol. The zero-order valence-electron chi connectivity index (χ0n) is 12.7. The molecule has 1 saturated carbocycles. The molecule has 1 aliphatic carbocycles. The highest BCUT2D eigenvalue weighted by Gasteiger charge is 2.33. The molecule has 0 amide bonds. The minimum Gasteiger partial charge on any atom is -0.393 e. The zero-order chi connectivity index (χ0) is 15.1. The van der Waals surface area contributed by atoms with Gasteiger partial charge < -0.3 is 9.67 Å². The maximum atomic E-state index is 10.7. The Labute approximate surface area is 130 Å². The summed E-state index contributed by atoms with van der Waals surface area (Å²) in [6.07, 6.45) is 6.47. The Bertz CT molecular complexity index is 696. The van der Waals surface area contributed by atoms with Crippen LogP contribution >= 0.6 is 0 Å². The van der Waals surface area contributed by atoms with Gasteiger partial charge in [-0.15, -0.1) is 10.2 Å². The van der Waals surface area contributed by atoms with Gasteiger partial charge in [-0.3, -0.25) is 0 Å². The van der Waals surface area contributed by atoms with Gasteiger partial charge in [0.15, 0.2) is 5.82 Å². The molecule has 2 unspecified atom stereocenters. The molecule has 4 nitrogen and oxygen atoms in total. The van der Waals surface area contributed by atoms with Gasteiger partial charge in [0.25, 0.3) is 0 Å². The van der Waals surface area contributed by atoms with E-state index in [0.29, 0.717) is 5.92 Å². The molecular formula is C18H21N3O. The molecule has 4 rings (SSSR count). The zero-order valence-corrected chi connectivity index (χ0v) is 12.7. The standard InChI is InChI=1S/C18H21N3O/c1-12-6-8-13(9-7-12)17(22)10-16-14-4-2-3-5-15(14)18-20-19-11-21(16)18/h2-5,11,13,16-17,22H,1,6-10H2. The Kier molecular flexibility index (Phi) is 3.34. The highest BCUT2D eigenvalue weighted by molar-refractivity contribution is 5.65. The molecule has 0 bridgehead atoms. The Morgan fingerprint density at radius 1 is 1.27 bits per heavy atom. The van der Waals surface area contributed by atoms with Gasteiger partial charge in [-0.2, -0.15) is 0 Å². The Morgan fingerprint density at radius 3 is 2.86 bits per heavy atom. The van der Waals surface area contributed by atoms with E-state index in [1.165, 1.54) is 11.1 Å². The van der Waals surface area contributed by atoms with Crippen LogP contribution in [0.5, 0.6) is 0 Å². The molecule has 22 heavy (non-hydrogen) atoms. The van der Waals surface area contributed by atoms with Crippen molar-refractivity contribution in [2.24, 2.45) is 5.92 Å². The fourth-order valence-electron chi connectivity index (χ4n) is 3.90. The molecule has 2 atom stereocenters. The van der Waals surface area contributed by atoms with E-state index in [-0.39, 0.29) is 12.1 Å². The van der Waals surface area contributed by atoms with Gasteiger partial charge >= 0.3 is 0 Å². The van der Waals surface area contributed by atoms with Crippen LogP contribution in [0.2, 0.25) is 0 Å². The fourth-order valence-corrected chi connectivity index (χ4v) is 3.90. The number of rotatable bonds is 3. The smallest absolute Gasteiger partial charge is 0.164 e. The van der Waals surface area contributed by atoms with E-state index in [2.05, 4.69) is 39.5 Å². The van der Waals surface area contributed by atoms with Crippen LogP contribution in [0.1, 0.15) is 43.7 Å². The van der Waals surface area contributed by atoms with Gasteiger partial charge in [0.2, 0.25) is 0 Å². The van der Waals surface area contributed by atoms with Crippen molar-refractivity contribution in [1.29, 1.82) is 0 Å². The van der Waals surface area contributed by atoms with E-state index in [1.54, 1.807) is 6.33 Å². The van der Waals surface area contributed by atoms with E-state index < -0.39 is 0 Å². The summed E-state index contributed by atoms with van der Waals surface area (Å²) in [4.78, 5) is 0. The summed E-state index contributed by atoms with van der Waals surface area (Å²) in [5.74, 6) is 1.31. The number of hydrogen-bond acceptors (Lipinski definition) is 3. The maximum absolute atomic E-state index is 10.7. The van der Waals surface area contributed by atoms with Crippen molar-refractivity contribution in [1.82, 2.24) is 14.8 Å². The van der Waals surface area contributed by atoms with Gasteiger partial charge in [0, 0.05) is 5.56 Å². The van der Waals surface area contributed by atoms with E-state index in [1.807, 2.05) is 6.07 Å². The van der Waals surface area contributed by atoms with Crippen molar-refractivity contribution in [2.75, 3.05) is 0 Å². The van der Waals surface area contributed by atoms with Crippen LogP contribution in [0.25, 0.3) is 11.4 Å². The molecule has 2 aliphatic rings. The van der Waals surface area contributed by atoms with Crippen LogP contribution in [0.15, 0.2) is 42.7 Å². The number of aliphatic hydroxyl groups is 1. The van der Waals surface area contributed by atoms with Crippen LogP contribution in [0.4, 0.5) is 0 Å².